The number of anilines is 1. The van der Waals surface area contributed by atoms with Crippen molar-refractivity contribution < 1.29 is 13.2 Å². The Morgan fingerprint density at radius 1 is 1.12 bits per heavy atom. The average molecular weight is 393 g/mol. The van der Waals surface area contributed by atoms with Crippen molar-refractivity contribution in [2.24, 2.45) is 0 Å². The predicted octanol–water partition coefficient (Wildman–Crippen LogP) is 4.02. The van der Waals surface area contributed by atoms with Gasteiger partial charge in [-0.3, -0.25) is 4.79 Å². The van der Waals surface area contributed by atoms with Crippen LogP contribution in [0.3, 0.4) is 0 Å². The molecule has 0 heterocycles. The summed E-state index contributed by atoms with van der Waals surface area (Å²) in [6.07, 6.45) is 1.87. The number of hydrogen-bond acceptors (Lipinski definition) is 4. The highest BCUT2D eigenvalue weighted by molar-refractivity contribution is 7.98. The van der Waals surface area contributed by atoms with E-state index in [1.807, 2.05) is 45.2 Å². The molecule has 2 aromatic rings. The zero-order valence-electron chi connectivity index (χ0n) is 15.6. The first kappa shape index (κ1) is 20.5. The number of carbonyl (C=O) groups excluding carboxylic acids is 1. The number of hydrogen-bond donors (Lipinski definition) is 2. The Labute approximate surface area is 159 Å². The Morgan fingerprint density at radius 3 is 2.38 bits per heavy atom. The molecule has 2 N–H and O–H groups in total. The number of carbonyl (C=O) groups is 1. The van der Waals surface area contributed by atoms with Crippen molar-refractivity contribution >= 4 is 33.4 Å². The summed E-state index contributed by atoms with van der Waals surface area (Å²) < 4.78 is 28.3. The van der Waals surface area contributed by atoms with E-state index in [2.05, 4.69) is 10.0 Å². The summed E-state index contributed by atoms with van der Waals surface area (Å²) in [6.45, 7) is 7.18. The first-order valence-corrected chi connectivity index (χ1v) is 10.9. The Morgan fingerprint density at radius 2 is 1.81 bits per heavy atom. The van der Waals surface area contributed by atoms with Crippen molar-refractivity contribution in [3.8, 4) is 0 Å². The van der Waals surface area contributed by atoms with E-state index in [1.165, 1.54) is 24.8 Å². The summed E-state index contributed by atoms with van der Waals surface area (Å²) in [7, 11) is -3.73. The van der Waals surface area contributed by atoms with Gasteiger partial charge in [-0.1, -0.05) is 23.8 Å². The third-order valence-corrected chi connectivity index (χ3v) is 6.35. The molecule has 0 aromatic heterocycles. The van der Waals surface area contributed by atoms with Gasteiger partial charge in [0.05, 0.1) is 10.6 Å². The Hall–Kier alpha value is -1.83. The lowest BCUT2D eigenvalue weighted by molar-refractivity contribution is -0.114. The molecular formula is C19H24N2O3S2. The van der Waals surface area contributed by atoms with Gasteiger partial charge in [0.1, 0.15) is 0 Å². The van der Waals surface area contributed by atoms with Crippen LogP contribution in [-0.4, -0.2) is 20.6 Å². The summed E-state index contributed by atoms with van der Waals surface area (Å²) >= 11 is 1.44. The first-order chi connectivity index (χ1) is 12.1. The quantitative estimate of drug-likeness (QED) is 0.728. The fourth-order valence-electron chi connectivity index (χ4n) is 2.82. The number of benzene rings is 2. The average Bonchev–Trinajstić information content (AvgIpc) is 2.53. The largest absolute Gasteiger partial charge is 0.325 e. The van der Waals surface area contributed by atoms with Crippen LogP contribution in [0.2, 0.25) is 0 Å². The molecule has 0 radical (unpaired) electrons. The van der Waals surface area contributed by atoms with Crippen LogP contribution in [-0.2, 0) is 14.8 Å². The molecule has 0 aliphatic rings. The van der Waals surface area contributed by atoms with Crippen LogP contribution in [0.15, 0.2) is 46.2 Å². The molecule has 0 bridgehead atoms. The van der Waals surface area contributed by atoms with Crippen LogP contribution in [0.1, 0.15) is 36.6 Å². The van der Waals surface area contributed by atoms with Crippen LogP contribution in [0.25, 0.3) is 0 Å². The lowest BCUT2D eigenvalue weighted by Gasteiger charge is -2.18. The molecule has 1 amide bonds. The van der Waals surface area contributed by atoms with Crippen LogP contribution >= 0.6 is 11.8 Å². The van der Waals surface area contributed by atoms with Crippen molar-refractivity contribution in [2.45, 2.75) is 43.5 Å². The van der Waals surface area contributed by atoms with Crippen molar-refractivity contribution in [1.29, 1.82) is 0 Å². The van der Waals surface area contributed by atoms with Crippen molar-refractivity contribution in [3.63, 3.8) is 0 Å². The minimum atomic E-state index is -3.73. The Bertz CT molecular complexity index is 924. The van der Waals surface area contributed by atoms with Gasteiger partial charge in [0.15, 0.2) is 0 Å². The summed E-state index contributed by atoms with van der Waals surface area (Å²) in [6, 6.07) is 10.3. The highest BCUT2D eigenvalue weighted by atomic mass is 32.2. The molecule has 140 valence electrons. The fourth-order valence-corrected chi connectivity index (χ4v) is 4.60. The zero-order chi connectivity index (χ0) is 19.5. The highest BCUT2D eigenvalue weighted by Crippen LogP contribution is 2.29. The monoisotopic (exact) mass is 392 g/mol. The summed E-state index contributed by atoms with van der Waals surface area (Å²) in [5, 5.41) is 2.69. The predicted molar refractivity (Wildman–Crippen MR) is 107 cm³/mol. The minimum absolute atomic E-state index is 0.121. The second-order valence-electron chi connectivity index (χ2n) is 6.25. The maximum atomic E-state index is 12.8. The third kappa shape index (κ3) is 4.87. The normalized spacial score (nSPS) is 12.7. The molecule has 0 saturated carbocycles. The summed E-state index contributed by atoms with van der Waals surface area (Å²) in [5.74, 6) is -0.244. The SMILES string of the molecule is CSc1ccc(S(=O)(=O)NC(C)c2ccc(C)cc2C)cc1NC(C)=O. The Kier molecular flexibility index (Phi) is 6.49. The number of nitrogens with one attached hydrogen (secondary N) is 2. The van der Waals surface area contributed by atoms with Gasteiger partial charge < -0.3 is 5.32 Å². The van der Waals surface area contributed by atoms with Crippen molar-refractivity contribution in [1.82, 2.24) is 4.72 Å². The van der Waals surface area contributed by atoms with Gasteiger partial charge in [-0.25, -0.2) is 13.1 Å². The van der Waals surface area contributed by atoms with Gasteiger partial charge in [0.2, 0.25) is 15.9 Å². The van der Waals surface area contributed by atoms with Crippen LogP contribution in [0.4, 0.5) is 5.69 Å². The molecule has 0 saturated heterocycles. The highest BCUT2D eigenvalue weighted by Gasteiger charge is 2.21. The van der Waals surface area contributed by atoms with E-state index >= 15 is 0 Å². The van der Waals surface area contributed by atoms with Gasteiger partial charge in [-0.2, -0.15) is 0 Å². The van der Waals surface area contributed by atoms with Gasteiger partial charge in [0, 0.05) is 17.9 Å². The van der Waals surface area contributed by atoms with E-state index in [9.17, 15) is 13.2 Å². The summed E-state index contributed by atoms with van der Waals surface area (Å²) in [5.41, 5.74) is 3.60. The van der Waals surface area contributed by atoms with Gasteiger partial charge in [0.25, 0.3) is 0 Å². The molecule has 0 aliphatic heterocycles. The smallest absolute Gasteiger partial charge is 0.241 e. The number of thioether (sulfide) groups is 1. The third-order valence-electron chi connectivity index (χ3n) is 4.02. The van der Waals surface area contributed by atoms with E-state index in [4.69, 9.17) is 0 Å². The summed E-state index contributed by atoms with van der Waals surface area (Å²) in [4.78, 5) is 12.3. The van der Waals surface area contributed by atoms with Crippen LogP contribution < -0.4 is 10.0 Å². The van der Waals surface area contributed by atoms with Crippen molar-refractivity contribution in [3.05, 3.63) is 53.1 Å². The van der Waals surface area contributed by atoms with Gasteiger partial charge in [-0.15, -0.1) is 11.8 Å². The molecule has 0 spiro atoms. The molecule has 1 unspecified atom stereocenters. The molecule has 2 aromatic carbocycles. The topological polar surface area (TPSA) is 75.3 Å². The lowest BCUT2D eigenvalue weighted by Crippen LogP contribution is -2.27. The van der Waals surface area contributed by atoms with Gasteiger partial charge >= 0.3 is 0 Å². The number of amides is 1. The van der Waals surface area contributed by atoms with Crippen molar-refractivity contribution in [2.75, 3.05) is 11.6 Å². The van der Waals surface area contributed by atoms with Crippen LogP contribution in [0, 0.1) is 13.8 Å². The van der Waals surface area contributed by atoms with E-state index in [0.29, 0.717) is 5.69 Å². The molecular weight excluding hydrogens is 368 g/mol. The molecule has 26 heavy (non-hydrogen) atoms. The van der Waals surface area contributed by atoms with E-state index in [-0.39, 0.29) is 16.8 Å². The van der Waals surface area contributed by atoms with Gasteiger partial charge in [-0.05, 0) is 56.4 Å². The Balaban J connectivity index is 2.33. The first-order valence-electron chi connectivity index (χ1n) is 8.19. The molecule has 7 heteroatoms. The second kappa shape index (κ2) is 8.24. The van der Waals surface area contributed by atoms with E-state index in [1.54, 1.807) is 12.1 Å². The minimum Gasteiger partial charge on any atom is -0.325 e. The van der Waals surface area contributed by atoms with E-state index in [0.717, 1.165) is 21.6 Å². The molecule has 2 rings (SSSR count). The standard InChI is InChI=1S/C19H24N2O3S2/c1-12-6-8-17(13(2)10-12)14(3)21-26(23,24)16-7-9-19(25-5)18(11-16)20-15(4)22/h6-11,14,21H,1-5H3,(H,20,22). The molecule has 0 aliphatic carbocycles. The zero-order valence-corrected chi connectivity index (χ0v) is 17.2. The molecule has 5 nitrogen and oxygen atoms in total. The number of sulfonamides is 1. The van der Waals surface area contributed by atoms with Crippen LogP contribution in [0.5, 0.6) is 0 Å². The lowest BCUT2D eigenvalue weighted by atomic mass is 10.0. The maximum Gasteiger partial charge on any atom is 0.241 e. The molecule has 0 fully saturated rings. The second-order valence-corrected chi connectivity index (χ2v) is 8.81. The number of aryl methyl sites for hydroxylation is 2. The molecule has 1 atom stereocenters. The maximum absolute atomic E-state index is 12.8. The number of rotatable bonds is 6. The fraction of sp³-hybridized carbons (Fsp3) is 0.316. The van der Waals surface area contributed by atoms with E-state index < -0.39 is 10.0 Å².